The summed E-state index contributed by atoms with van der Waals surface area (Å²) in [7, 11) is 0. The van der Waals surface area contributed by atoms with Crippen LogP contribution < -0.4 is 20.4 Å². The lowest BCUT2D eigenvalue weighted by Gasteiger charge is -2.23. The van der Waals surface area contributed by atoms with Gasteiger partial charge in [0.1, 0.15) is 11.8 Å². The number of hydrogen-bond donors (Lipinski definition) is 2. The molecule has 2 aromatic carbocycles. The minimum absolute atomic E-state index is 0.0321. The van der Waals surface area contributed by atoms with Crippen LogP contribution in [0.3, 0.4) is 0 Å². The van der Waals surface area contributed by atoms with Gasteiger partial charge < -0.3 is 19.2 Å². The van der Waals surface area contributed by atoms with E-state index < -0.39 is 29.7 Å². The number of ether oxygens (including phenoxy) is 2. The molecule has 4 rings (SSSR count). The summed E-state index contributed by atoms with van der Waals surface area (Å²) in [4.78, 5) is 52.8. The molecule has 0 bridgehead atoms. The van der Waals surface area contributed by atoms with E-state index in [1.807, 2.05) is 6.92 Å². The van der Waals surface area contributed by atoms with Crippen molar-refractivity contribution in [2.45, 2.75) is 26.3 Å². The zero-order valence-electron chi connectivity index (χ0n) is 21.5. The predicted molar refractivity (Wildman–Crippen MR) is 153 cm³/mol. The number of amides is 3. The number of carbonyl (C=O) groups excluding carboxylic acids is 4. The summed E-state index contributed by atoms with van der Waals surface area (Å²) in [6.45, 7) is 4.23. The van der Waals surface area contributed by atoms with E-state index in [0.717, 1.165) is 5.01 Å². The summed E-state index contributed by atoms with van der Waals surface area (Å²) in [5.41, 5.74) is 3.70. The van der Waals surface area contributed by atoms with Crippen LogP contribution in [0.4, 0.5) is 11.4 Å². The molecule has 0 spiro atoms. The van der Waals surface area contributed by atoms with Crippen molar-refractivity contribution in [3.8, 4) is 5.75 Å². The Morgan fingerprint density at radius 2 is 1.80 bits per heavy atom. The molecule has 2 N–H and O–H groups in total. The summed E-state index contributed by atoms with van der Waals surface area (Å²) in [6, 6.07) is 14.7. The van der Waals surface area contributed by atoms with Gasteiger partial charge in [0.25, 0.3) is 5.91 Å². The second kappa shape index (κ2) is 12.7. The summed E-state index contributed by atoms with van der Waals surface area (Å²) in [5.74, 6) is -1.67. The van der Waals surface area contributed by atoms with Crippen LogP contribution in [0.25, 0.3) is 0 Å². The highest BCUT2D eigenvalue weighted by atomic mass is 79.9. The Labute approximate surface area is 243 Å². The number of hydrogen-bond acceptors (Lipinski definition) is 8. The van der Waals surface area contributed by atoms with Gasteiger partial charge in [0.2, 0.25) is 11.0 Å². The molecule has 2 heterocycles. The first kappa shape index (κ1) is 28.8. The van der Waals surface area contributed by atoms with Gasteiger partial charge in [0.15, 0.2) is 10.4 Å². The normalized spacial score (nSPS) is 14.7. The molecular formula is C27H25BrN4O7S. The fraction of sp³-hybridized carbons (Fsp3) is 0.222. The van der Waals surface area contributed by atoms with E-state index in [-0.39, 0.29) is 23.9 Å². The highest BCUT2D eigenvalue weighted by molar-refractivity contribution is 9.10. The number of hydrazine groups is 1. The third kappa shape index (κ3) is 6.49. The van der Waals surface area contributed by atoms with Crippen molar-refractivity contribution in [1.29, 1.82) is 0 Å². The summed E-state index contributed by atoms with van der Waals surface area (Å²) in [6.07, 6.45) is -0.336. The van der Waals surface area contributed by atoms with E-state index in [0.29, 0.717) is 34.0 Å². The number of benzene rings is 2. The second-order valence-electron chi connectivity index (χ2n) is 8.37. The Morgan fingerprint density at radius 1 is 1.05 bits per heavy atom. The first-order valence-electron chi connectivity index (χ1n) is 12.2. The summed E-state index contributed by atoms with van der Waals surface area (Å²) < 4.78 is 16.1. The molecule has 1 aromatic heterocycles. The quantitative estimate of drug-likeness (QED) is 0.249. The summed E-state index contributed by atoms with van der Waals surface area (Å²) in [5, 5.41) is 3.84. The van der Waals surface area contributed by atoms with Gasteiger partial charge >= 0.3 is 11.9 Å². The summed E-state index contributed by atoms with van der Waals surface area (Å²) >= 11 is 8.71. The van der Waals surface area contributed by atoms with Gasteiger partial charge in [-0.1, -0.05) is 6.07 Å². The maximum Gasteiger partial charge on any atom is 0.338 e. The highest BCUT2D eigenvalue weighted by Crippen LogP contribution is 2.28. The molecule has 1 fully saturated rings. The minimum atomic E-state index is -1.17. The van der Waals surface area contributed by atoms with E-state index >= 15 is 0 Å². The number of carbonyl (C=O) groups is 4. The average molecular weight is 629 g/mol. The maximum absolute atomic E-state index is 13.6. The molecule has 1 aliphatic rings. The lowest BCUT2D eigenvalue weighted by molar-refractivity contribution is -0.124. The first-order valence-corrected chi connectivity index (χ1v) is 13.4. The van der Waals surface area contributed by atoms with Crippen molar-refractivity contribution >= 4 is 68.3 Å². The average Bonchev–Trinajstić information content (AvgIpc) is 3.46. The fourth-order valence-corrected chi connectivity index (χ4v) is 4.59. The molecule has 0 saturated carbocycles. The number of rotatable bonds is 10. The molecule has 208 valence electrons. The van der Waals surface area contributed by atoms with E-state index in [1.165, 1.54) is 35.2 Å². The van der Waals surface area contributed by atoms with Crippen LogP contribution in [-0.4, -0.2) is 53.1 Å². The molecule has 1 saturated heterocycles. The number of nitrogens with one attached hydrogen (secondary N) is 2. The molecule has 1 aliphatic heterocycles. The number of thiocarbonyl (C=S) groups is 1. The molecule has 1 atom stereocenters. The Kier molecular flexibility index (Phi) is 9.17. The highest BCUT2D eigenvalue weighted by Gasteiger charge is 2.45. The maximum atomic E-state index is 13.6. The van der Waals surface area contributed by atoms with Crippen LogP contribution in [0.2, 0.25) is 0 Å². The number of anilines is 2. The minimum Gasteiger partial charge on any atom is -0.494 e. The Morgan fingerprint density at radius 3 is 2.45 bits per heavy atom. The lowest BCUT2D eigenvalue weighted by atomic mass is 10.1. The van der Waals surface area contributed by atoms with E-state index in [2.05, 4.69) is 26.7 Å². The van der Waals surface area contributed by atoms with Crippen LogP contribution in [0.5, 0.6) is 5.75 Å². The van der Waals surface area contributed by atoms with E-state index in [9.17, 15) is 19.2 Å². The van der Waals surface area contributed by atoms with Gasteiger partial charge in [0.05, 0.1) is 30.9 Å². The SMILES string of the molecule is CCOC(=O)c1ccc(N2C(=O)C(CC(=O)Nc3cccc(OCC)c3)N(NC(=O)c3ccc(Br)o3)C2=S)cc1. The van der Waals surface area contributed by atoms with Crippen molar-refractivity contribution in [1.82, 2.24) is 10.4 Å². The Hall–Kier alpha value is -4.23. The lowest BCUT2D eigenvalue weighted by Crippen LogP contribution is -2.49. The molecule has 40 heavy (non-hydrogen) atoms. The molecule has 3 aromatic rings. The zero-order chi connectivity index (χ0) is 28.8. The molecule has 3 amide bonds. The molecule has 0 aliphatic carbocycles. The van der Waals surface area contributed by atoms with Gasteiger partial charge in [-0.15, -0.1) is 0 Å². The second-order valence-corrected chi connectivity index (χ2v) is 9.51. The standard InChI is InChI=1S/C27H25BrN4O7S/c1-3-37-19-7-5-6-17(14-19)29-23(33)15-20-25(35)31(18-10-8-16(9-11-18)26(36)38-4-2)27(40)32(20)30-24(34)21-12-13-22(28)39-21/h5-14,20H,3-4,15H2,1-2H3,(H,29,33)(H,30,34). The van der Waals surface area contributed by atoms with Crippen molar-refractivity contribution in [3.63, 3.8) is 0 Å². The van der Waals surface area contributed by atoms with Crippen LogP contribution in [0.1, 0.15) is 41.2 Å². The third-order valence-electron chi connectivity index (χ3n) is 5.68. The van der Waals surface area contributed by atoms with Crippen molar-refractivity contribution in [3.05, 3.63) is 76.7 Å². The van der Waals surface area contributed by atoms with Gasteiger partial charge in [-0.2, -0.15) is 0 Å². The van der Waals surface area contributed by atoms with Gasteiger partial charge in [-0.3, -0.25) is 24.7 Å². The number of furan rings is 1. The fourth-order valence-electron chi connectivity index (χ4n) is 3.92. The number of halogens is 1. The van der Waals surface area contributed by atoms with Crippen molar-refractivity contribution < 1.29 is 33.1 Å². The predicted octanol–water partition coefficient (Wildman–Crippen LogP) is 4.29. The Bertz CT molecular complexity index is 1440. The molecule has 11 nitrogen and oxygen atoms in total. The molecular weight excluding hydrogens is 604 g/mol. The monoisotopic (exact) mass is 628 g/mol. The molecule has 0 radical (unpaired) electrons. The van der Waals surface area contributed by atoms with E-state index in [4.69, 9.17) is 26.1 Å². The smallest absolute Gasteiger partial charge is 0.338 e. The van der Waals surface area contributed by atoms with Crippen LogP contribution in [-0.2, 0) is 14.3 Å². The first-order chi connectivity index (χ1) is 19.2. The van der Waals surface area contributed by atoms with Gasteiger partial charge in [-0.25, -0.2) is 9.80 Å². The van der Waals surface area contributed by atoms with Gasteiger partial charge in [-0.05, 0) is 90.5 Å². The Balaban J connectivity index is 1.58. The number of esters is 1. The number of nitrogens with zero attached hydrogens (tertiary/aromatic N) is 2. The third-order valence-corrected chi connectivity index (χ3v) is 6.48. The van der Waals surface area contributed by atoms with Crippen LogP contribution in [0, 0.1) is 0 Å². The van der Waals surface area contributed by atoms with Gasteiger partial charge in [0, 0.05) is 11.8 Å². The van der Waals surface area contributed by atoms with Crippen LogP contribution in [0.15, 0.2) is 69.8 Å². The van der Waals surface area contributed by atoms with Crippen molar-refractivity contribution in [2.75, 3.05) is 23.4 Å². The van der Waals surface area contributed by atoms with E-state index in [1.54, 1.807) is 37.3 Å². The molecule has 13 heteroatoms. The zero-order valence-corrected chi connectivity index (χ0v) is 23.9. The van der Waals surface area contributed by atoms with Crippen molar-refractivity contribution in [2.24, 2.45) is 0 Å². The topological polar surface area (TPSA) is 130 Å². The largest absolute Gasteiger partial charge is 0.494 e. The van der Waals surface area contributed by atoms with Crippen LogP contribution >= 0.6 is 28.1 Å². The molecule has 1 unspecified atom stereocenters.